The third kappa shape index (κ3) is 5.01. The number of halogens is 1. The fourth-order valence-corrected chi connectivity index (χ4v) is 4.39. The Morgan fingerprint density at radius 3 is 2.91 bits per heavy atom. The third-order valence-electron chi connectivity index (χ3n) is 6.23. The van der Waals surface area contributed by atoms with Gasteiger partial charge in [-0.1, -0.05) is 6.07 Å². The first-order chi connectivity index (χ1) is 16.2. The first-order valence-corrected chi connectivity index (χ1v) is 11.4. The lowest BCUT2D eigenvalue weighted by molar-refractivity contribution is -0.121. The fourth-order valence-electron chi connectivity index (χ4n) is 4.39. The molecule has 5 rings (SSSR count). The average molecular weight is 451 g/mol. The topological polar surface area (TPSA) is 79.5 Å². The number of hydrogen-bond donors (Lipinski definition) is 2. The molecule has 3 aromatic rings. The maximum atomic E-state index is 13.6. The summed E-state index contributed by atoms with van der Waals surface area (Å²) in [4.78, 5) is 15.4. The Balaban J connectivity index is 1.31. The zero-order chi connectivity index (χ0) is 22.6. The van der Waals surface area contributed by atoms with Crippen LogP contribution in [0.5, 0.6) is 11.5 Å². The summed E-state index contributed by atoms with van der Waals surface area (Å²) in [6, 6.07) is 10.1. The van der Waals surface area contributed by atoms with E-state index in [9.17, 15) is 9.18 Å². The van der Waals surface area contributed by atoms with Gasteiger partial charge in [-0.05, 0) is 73.8 Å². The predicted octanol–water partition coefficient (Wildman–Crippen LogP) is 3.88. The molecule has 0 spiro atoms. The van der Waals surface area contributed by atoms with E-state index < -0.39 is 5.92 Å². The maximum absolute atomic E-state index is 13.6. The number of amides is 1. The molecule has 2 aliphatic heterocycles. The number of hydrogen-bond acceptors (Lipinski definition) is 5. The van der Waals surface area contributed by atoms with E-state index in [1.54, 1.807) is 12.3 Å². The fraction of sp³-hybridized carbons (Fsp3) is 0.360. The monoisotopic (exact) mass is 450 g/mol. The molecule has 1 amide bonds. The summed E-state index contributed by atoms with van der Waals surface area (Å²) in [5.74, 6) is 0.331. The van der Waals surface area contributed by atoms with Gasteiger partial charge in [0.05, 0.1) is 17.8 Å². The number of nitrogens with one attached hydrogen (secondary N) is 2. The Morgan fingerprint density at radius 2 is 2.09 bits per heavy atom. The molecule has 1 aromatic heterocycles. The largest absolute Gasteiger partial charge is 0.492 e. The number of fused-ring (bicyclic) bond motifs is 1. The molecule has 8 heteroatoms. The van der Waals surface area contributed by atoms with Gasteiger partial charge in [-0.15, -0.1) is 0 Å². The van der Waals surface area contributed by atoms with Crippen LogP contribution in [0.3, 0.4) is 0 Å². The molecule has 1 unspecified atom stereocenters. The molecule has 33 heavy (non-hydrogen) atoms. The van der Waals surface area contributed by atoms with Crippen molar-refractivity contribution in [3.05, 3.63) is 60.2 Å². The molecule has 3 heterocycles. The summed E-state index contributed by atoms with van der Waals surface area (Å²) < 4.78 is 25.5. The number of benzene rings is 2. The zero-order valence-corrected chi connectivity index (χ0v) is 18.4. The molecule has 172 valence electrons. The van der Waals surface area contributed by atoms with Crippen molar-refractivity contribution in [1.29, 1.82) is 0 Å². The molecule has 1 saturated heterocycles. The lowest BCUT2D eigenvalue weighted by Gasteiger charge is -2.25. The normalized spacial score (nSPS) is 17.9. The summed E-state index contributed by atoms with van der Waals surface area (Å²) in [6.07, 6.45) is 6.45. The Kier molecular flexibility index (Phi) is 6.26. The number of aromatic amines is 1. The van der Waals surface area contributed by atoms with E-state index in [0.717, 1.165) is 30.8 Å². The highest BCUT2D eigenvalue weighted by Gasteiger charge is 2.27. The molecule has 7 nitrogen and oxygen atoms in total. The van der Waals surface area contributed by atoms with Gasteiger partial charge in [0.2, 0.25) is 5.91 Å². The quantitative estimate of drug-likeness (QED) is 0.571. The van der Waals surface area contributed by atoms with Crippen LogP contribution in [0.15, 0.2) is 48.8 Å². The van der Waals surface area contributed by atoms with Crippen molar-refractivity contribution in [3.63, 3.8) is 0 Å². The first-order valence-electron chi connectivity index (χ1n) is 11.4. The van der Waals surface area contributed by atoms with E-state index in [1.807, 2.05) is 24.4 Å². The van der Waals surface area contributed by atoms with Crippen LogP contribution in [0.25, 0.3) is 11.1 Å². The summed E-state index contributed by atoms with van der Waals surface area (Å²) in [6.45, 7) is 3.85. The van der Waals surface area contributed by atoms with Crippen molar-refractivity contribution in [2.45, 2.75) is 19.3 Å². The van der Waals surface area contributed by atoms with Crippen molar-refractivity contribution >= 4 is 11.6 Å². The molecule has 0 bridgehead atoms. The van der Waals surface area contributed by atoms with Gasteiger partial charge in [-0.3, -0.25) is 14.8 Å². The molecule has 1 fully saturated rings. The number of rotatable bonds is 7. The van der Waals surface area contributed by atoms with Crippen LogP contribution in [0.1, 0.15) is 18.4 Å². The lowest BCUT2D eigenvalue weighted by Crippen LogP contribution is -2.32. The van der Waals surface area contributed by atoms with Gasteiger partial charge >= 0.3 is 0 Å². The molecule has 0 saturated carbocycles. The number of carbonyl (C=O) groups is 1. The van der Waals surface area contributed by atoms with Crippen LogP contribution in [0, 0.1) is 11.7 Å². The SMILES string of the molecule is O=C(Nc1ccc(-c2cn[nH]c2)cc1OCCN1CCCC1)C1COc2ccc(F)cc2C1. The molecule has 0 radical (unpaired) electrons. The van der Waals surface area contributed by atoms with Crippen molar-refractivity contribution in [2.75, 3.05) is 38.2 Å². The standard InChI is InChI=1S/C25H27FN4O3/c26-21-4-6-23-18(12-21)11-19(16-33-23)25(31)29-22-5-3-17(20-14-27-28-15-20)13-24(22)32-10-9-30-7-1-2-8-30/h3-6,12-15,19H,1-2,7-11,16H2,(H,27,28)(H,29,31). The van der Waals surface area contributed by atoms with Crippen molar-refractivity contribution in [1.82, 2.24) is 15.1 Å². The highest BCUT2D eigenvalue weighted by Crippen LogP contribution is 2.33. The van der Waals surface area contributed by atoms with E-state index in [-0.39, 0.29) is 18.3 Å². The minimum absolute atomic E-state index is 0.176. The molecule has 1 atom stereocenters. The van der Waals surface area contributed by atoms with Crippen LogP contribution < -0.4 is 14.8 Å². The van der Waals surface area contributed by atoms with Gasteiger partial charge in [0.25, 0.3) is 0 Å². The maximum Gasteiger partial charge on any atom is 0.231 e. The minimum atomic E-state index is -0.412. The highest BCUT2D eigenvalue weighted by atomic mass is 19.1. The number of aromatic nitrogens is 2. The summed E-state index contributed by atoms with van der Waals surface area (Å²) in [5.41, 5.74) is 3.21. The molecule has 0 aliphatic carbocycles. The summed E-state index contributed by atoms with van der Waals surface area (Å²) in [5, 5.41) is 9.84. The number of nitrogens with zero attached hydrogens (tertiary/aromatic N) is 2. The average Bonchev–Trinajstić information content (AvgIpc) is 3.54. The van der Waals surface area contributed by atoms with Crippen LogP contribution >= 0.6 is 0 Å². The second kappa shape index (κ2) is 9.62. The van der Waals surface area contributed by atoms with Crippen molar-refractivity contribution < 1.29 is 18.7 Å². The van der Waals surface area contributed by atoms with Gasteiger partial charge in [-0.2, -0.15) is 5.10 Å². The number of anilines is 1. The van der Waals surface area contributed by atoms with Gasteiger partial charge in [0, 0.05) is 18.3 Å². The van der Waals surface area contributed by atoms with Gasteiger partial charge in [-0.25, -0.2) is 4.39 Å². The number of carbonyl (C=O) groups excluding carboxylic acids is 1. The highest BCUT2D eigenvalue weighted by molar-refractivity contribution is 5.95. The molecule has 2 N–H and O–H groups in total. The lowest BCUT2D eigenvalue weighted by atomic mass is 9.95. The van der Waals surface area contributed by atoms with Crippen LogP contribution in [0.2, 0.25) is 0 Å². The van der Waals surface area contributed by atoms with Crippen LogP contribution in [-0.4, -0.2) is 53.9 Å². The van der Waals surface area contributed by atoms with Crippen molar-refractivity contribution in [3.8, 4) is 22.6 Å². The minimum Gasteiger partial charge on any atom is -0.492 e. The second-order valence-corrected chi connectivity index (χ2v) is 8.55. The Labute approximate surface area is 191 Å². The molecule has 2 aliphatic rings. The molecular weight excluding hydrogens is 423 g/mol. The predicted molar refractivity (Wildman–Crippen MR) is 123 cm³/mol. The Hall–Kier alpha value is -3.39. The van der Waals surface area contributed by atoms with E-state index >= 15 is 0 Å². The van der Waals surface area contributed by atoms with Crippen molar-refractivity contribution in [2.24, 2.45) is 5.92 Å². The van der Waals surface area contributed by atoms with Gasteiger partial charge in [0.15, 0.2) is 0 Å². The number of likely N-dealkylation sites (tertiary alicyclic amines) is 1. The Bertz CT molecular complexity index is 1110. The van der Waals surface area contributed by atoms with E-state index in [4.69, 9.17) is 9.47 Å². The van der Waals surface area contributed by atoms with Crippen LogP contribution in [0.4, 0.5) is 10.1 Å². The molecule has 2 aromatic carbocycles. The summed E-state index contributed by atoms with van der Waals surface area (Å²) >= 11 is 0. The van der Waals surface area contributed by atoms with E-state index in [0.29, 0.717) is 35.8 Å². The van der Waals surface area contributed by atoms with E-state index in [1.165, 1.54) is 25.0 Å². The zero-order valence-electron chi connectivity index (χ0n) is 18.4. The van der Waals surface area contributed by atoms with Crippen LogP contribution in [-0.2, 0) is 11.2 Å². The Morgan fingerprint density at radius 1 is 1.21 bits per heavy atom. The van der Waals surface area contributed by atoms with Gasteiger partial charge < -0.3 is 14.8 Å². The summed E-state index contributed by atoms with van der Waals surface area (Å²) in [7, 11) is 0. The molecular formula is C25H27FN4O3. The van der Waals surface area contributed by atoms with Gasteiger partial charge in [0.1, 0.15) is 30.5 Å². The number of H-pyrrole nitrogens is 1. The first kappa shape index (κ1) is 21.5. The third-order valence-corrected chi connectivity index (χ3v) is 6.23. The second-order valence-electron chi connectivity index (χ2n) is 8.55. The number of ether oxygens (including phenoxy) is 2. The smallest absolute Gasteiger partial charge is 0.231 e. The van der Waals surface area contributed by atoms with E-state index in [2.05, 4.69) is 20.4 Å².